The molecule has 4 aliphatic rings. The lowest BCUT2D eigenvalue weighted by molar-refractivity contribution is -0.325. The van der Waals surface area contributed by atoms with Gasteiger partial charge in [0.1, 0.15) is 12.4 Å². The molecule has 1 aromatic carbocycles. The molecular formula is C22H23ClF3N3O5. The van der Waals surface area contributed by atoms with E-state index < -0.39 is 25.2 Å². The van der Waals surface area contributed by atoms with Crippen molar-refractivity contribution in [1.29, 1.82) is 0 Å². The maximum Gasteiger partial charge on any atom is 0.522 e. The molecule has 0 unspecified atom stereocenters. The van der Waals surface area contributed by atoms with Gasteiger partial charge in [-0.15, -0.1) is 13.2 Å². The fourth-order valence-electron chi connectivity index (χ4n) is 5.34. The molecule has 2 heterocycles. The Labute approximate surface area is 197 Å². The molecule has 1 aromatic heterocycles. The Hall–Kier alpha value is -2.50. The fourth-order valence-corrected chi connectivity index (χ4v) is 5.52. The molecule has 6 rings (SSSR count). The first kappa shape index (κ1) is 23.3. The van der Waals surface area contributed by atoms with Gasteiger partial charge in [-0.05, 0) is 43.9 Å². The average molecular weight is 502 g/mol. The van der Waals surface area contributed by atoms with E-state index in [1.807, 2.05) is 0 Å². The van der Waals surface area contributed by atoms with E-state index in [1.165, 1.54) is 6.20 Å². The van der Waals surface area contributed by atoms with Crippen molar-refractivity contribution in [3.05, 3.63) is 41.2 Å². The molecule has 34 heavy (non-hydrogen) atoms. The van der Waals surface area contributed by atoms with Crippen LogP contribution in [0.25, 0.3) is 0 Å². The first-order valence-electron chi connectivity index (χ1n) is 10.9. The molecule has 0 radical (unpaired) electrons. The molecule has 8 nitrogen and oxygen atoms in total. The van der Waals surface area contributed by atoms with Crippen molar-refractivity contribution in [1.82, 2.24) is 15.1 Å². The summed E-state index contributed by atoms with van der Waals surface area (Å²) in [5.41, 5.74) is -0.0766. The van der Waals surface area contributed by atoms with Gasteiger partial charge < -0.3 is 19.9 Å². The number of fused-ring (bicyclic) bond motifs is 2. The van der Waals surface area contributed by atoms with Crippen LogP contribution in [0, 0.1) is 0 Å². The van der Waals surface area contributed by atoms with E-state index in [0.717, 1.165) is 12.8 Å². The van der Waals surface area contributed by atoms with Crippen LogP contribution in [0.2, 0.25) is 5.02 Å². The number of nitrogens with zero attached hydrogens (tertiary/aromatic N) is 2. The topological polar surface area (TPSA) is 94.8 Å². The molecule has 3 saturated carbocycles. The number of aromatic nitrogens is 2. The minimum atomic E-state index is -4.69. The van der Waals surface area contributed by atoms with Gasteiger partial charge in [0, 0.05) is 22.5 Å². The third-order valence-corrected chi connectivity index (χ3v) is 7.02. The van der Waals surface area contributed by atoms with Crippen LogP contribution < -0.4 is 14.8 Å². The average Bonchev–Trinajstić information content (AvgIpc) is 3.45. The van der Waals surface area contributed by atoms with E-state index >= 15 is 0 Å². The summed E-state index contributed by atoms with van der Waals surface area (Å²) in [6.07, 6.45) is -0.186. The molecule has 1 amide bonds. The quantitative estimate of drug-likeness (QED) is 0.564. The van der Waals surface area contributed by atoms with Gasteiger partial charge in [0.25, 0.3) is 5.91 Å². The SMILES string of the molecule is O=C(NC12CCC(n3cc(OCCOC(F)(F)F)cn3)(C1)C2)[C@H]1C[C@@H](O)c2cc(Cl)ccc2O1. The predicted molar refractivity (Wildman–Crippen MR) is 112 cm³/mol. The number of rotatable bonds is 7. The normalized spacial score (nSPS) is 29.7. The maximum absolute atomic E-state index is 13.0. The zero-order valence-electron chi connectivity index (χ0n) is 18.0. The summed E-state index contributed by atoms with van der Waals surface area (Å²) in [6, 6.07) is 4.93. The Morgan fingerprint density at radius 3 is 2.88 bits per heavy atom. The zero-order valence-corrected chi connectivity index (χ0v) is 18.7. The predicted octanol–water partition coefficient (Wildman–Crippen LogP) is 3.47. The van der Waals surface area contributed by atoms with E-state index in [9.17, 15) is 23.1 Å². The number of benzene rings is 1. The molecule has 0 saturated heterocycles. The number of carbonyl (C=O) groups is 1. The van der Waals surface area contributed by atoms with Crippen molar-refractivity contribution < 1.29 is 37.3 Å². The highest BCUT2D eigenvalue weighted by Crippen LogP contribution is 2.59. The molecule has 2 atom stereocenters. The summed E-state index contributed by atoms with van der Waals surface area (Å²) in [4.78, 5) is 13.0. The third-order valence-electron chi connectivity index (χ3n) is 6.78. The number of ether oxygens (including phenoxy) is 3. The van der Waals surface area contributed by atoms with E-state index in [-0.39, 0.29) is 30.0 Å². The highest BCUT2D eigenvalue weighted by atomic mass is 35.5. The van der Waals surface area contributed by atoms with Crippen molar-refractivity contribution in [2.75, 3.05) is 13.2 Å². The van der Waals surface area contributed by atoms with Gasteiger partial charge in [-0.2, -0.15) is 5.10 Å². The smallest absolute Gasteiger partial charge is 0.488 e. The van der Waals surface area contributed by atoms with Gasteiger partial charge in [-0.1, -0.05) is 11.6 Å². The van der Waals surface area contributed by atoms with E-state index in [2.05, 4.69) is 15.2 Å². The highest BCUT2D eigenvalue weighted by molar-refractivity contribution is 6.30. The Morgan fingerprint density at radius 1 is 1.32 bits per heavy atom. The first-order valence-corrected chi connectivity index (χ1v) is 11.3. The van der Waals surface area contributed by atoms with Crippen LogP contribution >= 0.6 is 11.6 Å². The van der Waals surface area contributed by atoms with Gasteiger partial charge >= 0.3 is 6.36 Å². The summed E-state index contributed by atoms with van der Waals surface area (Å²) >= 11 is 5.98. The number of aliphatic hydroxyl groups is 1. The zero-order chi connectivity index (χ0) is 24.1. The van der Waals surface area contributed by atoms with Crippen molar-refractivity contribution in [3.8, 4) is 11.5 Å². The summed E-state index contributed by atoms with van der Waals surface area (Å²) in [5.74, 6) is 0.529. The fraction of sp³-hybridized carbons (Fsp3) is 0.545. The van der Waals surface area contributed by atoms with Crippen LogP contribution in [0.1, 0.15) is 43.8 Å². The molecule has 2 N–H and O–H groups in total. The van der Waals surface area contributed by atoms with Crippen molar-refractivity contribution in [3.63, 3.8) is 0 Å². The largest absolute Gasteiger partial charge is 0.522 e. The van der Waals surface area contributed by atoms with Crippen LogP contribution in [-0.4, -0.2) is 52.0 Å². The summed E-state index contributed by atoms with van der Waals surface area (Å²) in [6.45, 7) is -0.856. The summed E-state index contributed by atoms with van der Waals surface area (Å²) in [7, 11) is 0. The Kier molecular flexibility index (Phi) is 5.69. The first-order chi connectivity index (χ1) is 16.1. The number of hydrogen-bond acceptors (Lipinski definition) is 6. The molecule has 3 fully saturated rings. The molecule has 0 spiro atoms. The van der Waals surface area contributed by atoms with Crippen LogP contribution in [-0.2, 0) is 15.1 Å². The molecule has 3 aliphatic carbocycles. The highest BCUT2D eigenvalue weighted by Gasteiger charge is 2.63. The molecule has 2 aromatic rings. The molecular weight excluding hydrogens is 479 g/mol. The number of alkyl halides is 3. The van der Waals surface area contributed by atoms with Crippen LogP contribution in [0.5, 0.6) is 11.5 Å². The minimum absolute atomic E-state index is 0.137. The lowest BCUT2D eigenvalue weighted by Crippen LogP contribution is -2.61. The van der Waals surface area contributed by atoms with Crippen molar-refractivity contribution in [2.24, 2.45) is 0 Å². The number of hydrogen-bond donors (Lipinski definition) is 2. The van der Waals surface area contributed by atoms with E-state index in [0.29, 0.717) is 34.9 Å². The number of nitrogens with one attached hydrogen (secondary N) is 1. The molecule has 12 heteroatoms. The van der Waals surface area contributed by atoms with Gasteiger partial charge in [0.15, 0.2) is 11.9 Å². The maximum atomic E-state index is 13.0. The minimum Gasteiger partial charge on any atom is -0.488 e. The molecule has 1 aliphatic heterocycles. The molecule has 2 bridgehead atoms. The van der Waals surface area contributed by atoms with Crippen LogP contribution in [0.15, 0.2) is 30.6 Å². The summed E-state index contributed by atoms with van der Waals surface area (Å²) in [5, 5.41) is 18.4. The van der Waals surface area contributed by atoms with Crippen LogP contribution in [0.4, 0.5) is 13.2 Å². The molecule has 184 valence electrons. The standard InChI is InChI=1S/C22H23ClF3N3O5/c23-13-1-2-17-15(7-13)16(30)8-18(34-17)19(31)28-20-3-4-21(11-20,12-20)29-10-14(9-27-29)32-5-6-33-22(24,25)26/h1-2,7,9-10,16,18,30H,3-6,8,11-12H2,(H,28,31)/t16-,18-,20?,21?/m1/s1. The Balaban J connectivity index is 1.16. The second-order valence-corrected chi connectivity index (χ2v) is 9.59. The van der Waals surface area contributed by atoms with Crippen molar-refractivity contribution >= 4 is 17.5 Å². The second-order valence-electron chi connectivity index (χ2n) is 9.15. The Bertz CT molecular complexity index is 1090. The lowest BCUT2D eigenvalue weighted by atomic mass is 9.71. The van der Waals surface area contributed by atoms with E-state index in [4.69, 9.17) is 21.1 Å². The third kappa shape index (κ3) is 4.44. The van der Waals surface area contributed by atoms with Gasteiger partial charge in [0.2, 0.25) is 0 Å². The van der Waals surface area contributed by atoms with Gasteiger partial charge in [-0.3, -0.25) is 14.2 Å². The summed E-state index contributed by atoms with van der Waals surface area (Å²) < 4.78 is 52.7. The number of amides is 1. The Morgan fingerprint density at radius 2 is 2.12 bits per heavy atom. The lowest BCUT2D eigenvalue weighted by Gasteiger charge is -2.48. The number of aliphatic hydroxyl groups excluding tert-OH is 1. The van der Waals surface area contributed by atoms with E-state index in [1.54, 1.807) is 29.1 Å². The van der Waals surface area contributed by atoms with Crippen LogP contribution in [0.3, 0.4) is 0 Å². The monoisotopic (exact) mass is 501 g/mol. The van der Waals surface area contributed by atoms with Crippen molar-refractivity contribution in [2.45, 2.75) is 61.8 Å². The second kappa shape index (κ2) is 8.31. The van der Waals surface area contributed by atoms with Gasteiger partial charge in [-0.25, -0.2) is 0 Å². The number of carbonyl (C=O) groups excluding carboxylic acids is 1. The van der Waals surface area contributed by atoms with Gasteiger partial charge in [0.05, 0.1) is 30.6 Å². The number of halogens is 4.